The summed E-state index contributed by atoms with van der Waals surface area (Å²) in [6.45, 7) is 4.62. The van der Waals surface area contributed by atoms with E-state index in [0.29, 0.717) is 0 Å². The van der Waals surface area contributed by atoms with E-state index in [1.165, 1.54) is 11.1 Å². The van der Waals surface area contributed by atoms with Crippen LogP contribution in [0.25, 0.3) is 11.3 Å². The summed E-state index contributed by atoms with van der Waals surface area (Å²) >= 11 is 0. The second kappa shape index (κ2) is 4.82. The van der Waals surface area contributed by atoms with Gasteiger partial charge in [-0.05, 0) is 30.3 Å². The lowest BCUT2D eigenvalue weighted by Gasteiger charge is -2.02. The third-order valence-electron chi connectivity index (χ3n) is 3.17. The summed E-state index contributed by atoms with van der Waals surface area (Å²) < 4.78 is 5.51. The number of ether oxygens (including phenoxy) is 1. The smallest absolute Gasteiger partial charge is 0.122 e. The molecule has 1 aromatic heterocycles. The lowest BCUT2D eigenvalue weighted by molar-refractivity contribution is 0.357. The first-order valence-corrected chi connectivity index (χ1v) is 6.37. The van der Waals surface area contributed by atoms with Gasteiger partial charge in [0.25, 0.3) is 0 Å². The van der Waals surface area contributed by atoms with Crippen LogP contribution in [0.15, 0.2) is 24.4 Å². The number of fused-ring (bicyclic) bond motifs is 1. The second-order valence-corrected chi connectivity index (χ2v) is 4.44. The first kappa shape index (κ1) is 11.3. The monoisotopic (exact) mass is 243 g/mol. The van der Waals surface area contributed by atoms with Crippen LogP contribution in [-0.2, 0) is 13.0 Å². The van der Waals surface area contributed by atoms with Crippen molar-refractivity contribution in [1.82, 2.24) is 15.3 Å². The van der Waals surface area contributed by atoms with Gasteiger partial charge in [0, 0.05) is 12.0 Å². The van der Waals surface area contributed by atoms with Gasteiger partial charge in [0.15, 0.2) is 0 Å². The number of nitrogens with zero attached hydrogens (tertiary/aromatic N) is 1. The predicted octanol–water partition coefficient (Wildman–Crippen LogP) is 2.12. The Hall–Kier alpha value is -1.81. The SMILES string of the molecule is CCNCc1ncc(-c2ccc3c(c2)CCO3)[nH]1. The molecule has 0 amide bonds. The highest BCUT2D eigenvalue weighted by molar-refractivity contribution is 5.62. The maximum absolute atomic E-state index is 5.51. The first-order valence-electron chi connectivity index (χ1n) is 6.37. The summed E-state index contributed by atoms with van der Waals surface area (Å²) in [5, 5.41) is 3.26. The molecule has 0 radical (unpaired) electrons. The van der Waals surface area contributed by atoms with Gasteiger partial charge in [0.2, 0.25) is 0 Å². The fourth-order valence-corrected chi connectivity index (χ4v) is 2.20. The Morgan fingerprint density at radius 3 is 3.28 bits per heavy atom. The van der Waals surface area contributed by atoms with Crippen molar-refractivity contribution in [3.8, 4) is 17.0 Å². The van der Waals surface area contributed by atoms with Crippen LogP contribution < -0.4 is 10.1 Å². The Morgan fingerprint density at radius 1 is 1.44 bits per heavy atom. The average molecular weight is 243 g/mol. The number of aromatic amines is 1. The van der Waals surface area contributed by atoms with Crippen LogP contribution in [0, 0.1) is 0 Å². The van der Waals surface area contributed by atoms with E-state index in [9.17, 15) is 0 Å². The van der Waals surface area contributed by atoms with E-state index >= 15 is 0 Å². The number of hydrogen-bond donors (Lipinski definition) is 2. The highest BCUT2D eigenvalue weighted by atomic mass is 16.5. The number of hydrogen-bond acceptors (Lipinski definition) is 3. The molecule has 0 unspecified atom stereocenters. The highest BCUT2D eigenvalue weighted by Gasteiger charge is 2.13. The van der Waals surface area contributed by atoms with Crippen molar-refractivity contribution in [1.29, 1.82) is 0 Å². The van der Waals surface area contributed by atoms with Gasteiger partial charge >= 0.3 is 0 Å². The molecule has 1 aliphatic rings. The summed E-state index contributed by atoms with van der Waals surface area (Å²) in [7, 11) is 0. The molecule has 4 heteroatoms. The van der Waals surface area contributed by atoms with Gasteiger partial charge in [-0.3, -0.25) is 0 Å². The van der Waals surface area contributed by atoms with Gasteiger partial charge in [-0.15, -0.1) is 0 Å². The third-order valence-corrected chi connectivity index (χ3v) is 3.17. The summed E-state index contributed by atoms with van der Waals surface area (Å²) in [4.78, 5) is 7.72. The minimum atomic E-state index is 0.782. The number of benzene rings is 1. The molecule has 0 atom stereocenters. The molecule has 0 spiro atoms. The van der Waals surface area contributed by atoms with Crippen molar-refractivity contribution in [2.45, 2.75) is 19.9 Å². The maximum atomic E-state index is 5.51. The zero-order valence-corrected chi connectivity index (χ0v) is 10.5. The maximum Gasteiger partial charge on any atom is 0.122 e. The Morgan fingerprint density at radius 2 is 2.39 bits per heavy atom. The molecule has 0 saturated heterocycles. The molecule has 18 heavy (non-hydrogen) atoms. The summed E-state index contributed by atoms with van der Waals surface area (Å²) in [5.74, 6) is 2.00. The van der Waals surface area contributed by atoms with Crippen LogP contribution in [-0.4, -0.2) is 23.1 Å². The molecular formula is C14H17N3O. The largest absolute Gasteiger partial charge is 0.493 e. The molecule has 0 bridgehead atoms. The average Bonchev–Trinajstić information content (AvgIpc) is 3.04. The summed E-state index contributed by atoms with van der Waals surface area (Å²) in [5.41, 5.74) is 3.53. The third kappa shape index (κ3) is 2.11. The molecule has 94 valence electrons. The Bertz CT molecular complexity index is 548. The molecule has 2 N–H and O–H groups in total. The molecule has 4 nitrogen and oxygen atoms in total. The summed E-state index contributed by atoms with van der Waals surface area (Å²) in [6, 6.07) is 6.31. The van der Waals surface area contributed by atoms with Gasteiger partial charge in [-0.2, -0.15) is 0 Å². The molecular weight excluding hydrogens is 226 g/mol. The quantitative estimate of drug-likeness (QED) is 0.864. The number of aromatic nitrogens is 2. The Labute approximate surface area is 106 Å². The van der Waals surface area contributed by atoms with Crippen LogP contribution in [0.1, 0.15) is 18.3 Å². The minimum Gasteiger partial charge on any atom is -0.493 e. The van der Waals surface area contributed by atoms with Gasteiger partial charge in [-0.25, -0.2) is 4.98 Å². The van der Waals surface area contributed by atoms with E-state index in [1.54, 1.807) is 0 Å². The normalized spacial score (nSPS) is 13.4. The van der Waals surface area contributed by atoms with Gasteiger partial charge in [0.1, 0.15) is 11.6 Å². The van der Waals surface area contributed by atoms with Crippen LogP contribution in [0.2, 0.25) is 0 Å². The van der Waals surface area contributed by atoms with E-state index in [1.807, 2.05) is 12.3 Å². The van der Waals surface area contributed by atoms with Crippen molar-refractivity contribution < 1.29 is 4.74 Å². The van der Waals surface area contributed by atoms with Crippen molar-refractivity contribution >= 4 is 0 Å². The van der Waals surface area contributed by atoms with Crippen LogP contribution in [0.3, 0.4) is 0 Å². The second-order valence-electron chi connectivity index (χ2n) is 4.44. The molecule has 1 aromatic carbocycles. The van der Waals surface area contributed by atoms with Gasteiger partial charge < -0.3 is 15.0 Å². The van der Waals surface area contributed by atoms with E-state index in [-0.39, 0.29) is 0 Å². The predicted molar refractivity (Wildman–Crippen MR) is 70.6 cm³/mol. The fraction of sp³-hybridized carbons (Fsp3) is 0.357. The van der Waals surface area contributed by atoms with Gasteiger partial charge in [-0.1, -0.05) is 6.92 Å². The van der Waals surface area contributed by atoms with E-state index in [2.05, 4.69) is 34.3 Å². The lowest BCUT2D eigenvalue weighted by atomic mass is 10.1. The minimum absolute atomic E-state index is 0.782. The molecule has 2 aromatic rings. The standard InChI is InChI=1S/C14H17N3O/c1-2-15-9-14-16-8-12(17-14)10-3-4-13-11(7-10)5-6-18-13/h3-4,7-8,15H,2,5-6,9H2,1H3,(H,16,17). The van der Waals surface area contributed by atoms with Gasteiger partial charge in [0.05, 0.1) is 25.0 Å². The van der Waals surface area contributed by atoms with Crippen molar-refractivity contribution in [2.75, 3.05) is 13.2 Å². The Kier molecular flexibility index (Phi) is 3.02. The van der Waals surface area contributed by atoms with Crippen molar-refractivity contribution in [3.05, 3.63) is 35.8 Å². The topological polar surface area (TPSA) is 49.9 Å². The van der Waals surface area contributed by atoms with Crippen LogP contribution in [0.4, 0.5) is 0 Å². The first-order chi connectivity index (χ1) is 8.86. The van der Waals surface area contributed by atoms with E-state index in [4.69, 9.17) is 4.74 Å². The molecule has 0 fully saturated rings. The van der Waals surface area contributed by atoms with Crippen LogP contribution in [0.5, 0.6) is 5.75 Å². The van der Waals surface area contributed by atoms with E-state index < -0.39 is 0 Å². The number of imidazole rings is 1. The number of H-pyrrole nitrogens is 1. The number of nitrogens with one attached hydrogen (secondary N) is 2. The zero-order valence-electron chi connectivity index (χ0n) is 10.5. The molecule has 2 heterocycles. The molecule has 3 rings (SSSR count). The summed E-state index contributed by atoms with van der Waals surface area (Å²) in [6.07, 6.45) is 2.89. The molecule has 0 aliphatic carbocycles. The molecule has 0 saturated carbocycles. The highest BCUT2D eigenvalue weighted by Crippen LogP contribution is 2.29. The Balaban J connectivity index is 1.83. The lowest BCUT2D eigenvalue weighted by Crippen LogP contribution is -2.12. The zero-order chi connectivity index (χ0) is 12.4. The van der Waals surface area contributed by atoms with E-state index in [0.717, 1.165) is 43.4 Å². The van der Waals surface area contributed by atoms with Crippen molar-refractivity contribution in [2.24, 2.45) is 0 Å². The fourth-order valence-electron chi connectivity index (χ4n) is 2.20. The van der Waals surface area contributed by atoms with Crippen LogP contribution >= 0.6 is 0 Å². The van der Waals surface area contributed by atoms with Crippen molar-refractivity contribution in [3.63, 3.8) is 0 Å². The number of rotatable bonds is 4. The molecule has 1 aliphatic heterocycles.